The number of rotatable bonds is 3. The van der Waals surface area contributed by atoms with Crippen molar-refractivity contribution in [3.63, 3.8) is 0 Å². The summed E-state index contributed by atoms with van der Waals surface area (Å²) in [5.41, 5.74) is 0.845. The number of nitrogens with zero attached hydrogens (tertiary/aromatic N) is 2. The van der Waals surface area contributed by atoms with E-state index in [0.29, 0.717) is 16.1 Å². The highest BCUT2D eigenvalue weighted by Gasteiger charge is 2.08. The molecule has 15 heavy (non-hydrogen) atoms. The molecule has 0 bridgehead atoms. The zero-order valence-corrected chi connectivity index (χ0v) is 9.68. The molecule has 2 aromatic rings. The normalized spacial score (nSPS) is 10.5. The monoisotopic (exact) mass is 240 g/mol. The van der Waals surface area contributed by atoms with Gasteiger partial charge in [-0.1, -0.05) is 36.4 Å². The van der Waals surface area contributed by atoms with Crippen molar-refractivity contribution in [1.82, 2.24) is 10.2 Å². The van der Waals surface area contributed by atoms with E-state index in [0.717, 1.165) is 11.3 Å². The van der Waals surface area contributed by atoms with Crippen molar-refractivity contribution < 1.29 is 4.42 Å². The van der Waals surface area contributed by atoms with Gasteiger partial charge in [0, 0.05) is 10.6 Å². The van der Waals surface area contributed by atoms with E-state index in [2.05, 4.69) is 10.2 Å². The third-order valence-corrected chi connectivity index (χ3v) is 2.68. The van der Waals surface area contributed by atoms with Gasteiger partial charge in [-0.3, -0.25) is 0 Å². The first-order valence-electron chi connectivity index (χ1n) is 4.52. The minimum atomic E-state index is 0.508. The first-order valence-corrected chi connectivity index (χ1v) is 5.88. The fraction of sp³-hybridized carbons (Fsp3) is 0.200. The van der Waals surface area contributed by atoms with Crippen molar-refractivity contribution in [3.05, 3.63) is 29.3 Å². The highest BCUT2D eigenvalue weighted by atomic mass is 35.5. The molecule has 5 heteroatoms. The second-order valence-corrected chi connectivity index (χ2v) is 4.47. The average Bonchev–Trinajstić information content (AvgIpc) is 2.67. The van der Waals surface area contributed by atoms with Crippen LogP contribution in [0.3, 0.4) is 0 Å². The van der Waals surface area contributed by atoms with E-state index < -0.39 is 0 Å². The summed E-state index contributed by atoms with van der Waals surface area (Å²) in [6, 6.07) is 7.35. The largest absolute Gasteiger partial charge is 0.411 e. The maximum Gasteiger partial charge on any atom is 0.276 e. The lowest BCUT2D eigenvalue weighted by Gasteiger charge is -1.94. The summed E-state index contributed by atoms with van der Waals surface area (Å²) < 4.78 is 5.45. The summed E-state index contributed by atoms with van der Waals surface area (Å²) in [5, 5.41) is 9.12. The first kappa shape index (κ1) is 10.5. The topological polar surface area (TPSA) is 38.9 Å². The third-order valence-electron chi connectivity index (χ3n) is 1.75. The molecule has 0 aliphatic heterocycles. The van der Waals surface area contributed by atoms with Crippen LogP contribution in [-0.4, -0.2) is 16.0 Å². The SMILES string of the molecule is CCSc1nnc(-c2cccc(Cl)c2)o1. The van der Waals surface area contributed by atoms with Gasteiger partial charge < -0.3 is 4.42 Å². The highest BCUT2D eigenvalue weighted by molar-refractivity contribution is 7.99. The minimum Gasteiger partial charge on any atom is -0.411 e. The molecule has 0 saturated carbocycles. The van der Waals surface area contributed by atoms with Gasteiger partial charge in [0.25, 0.3) is 5.22 Å². The molecule has 0 unspecified atom stereocenters. The molecular formula is C10H9ClN2OS. The molecule has 0 spiro atoms. The maximum atomic E-state index is 5.87. The van der Waals surface area contributed by atoms with E-state index in [9.17, 15) is 0 Å². The lowest BCUT2D eigenvalue weighted by Crippen LogP contribution is -1.76. The second-order valence-electron chi connectivity index (χ2n) is 2.82. The van der Waals surface area contributed by atoms with Crippen LogP contribution in [0.25, 0.3) is 11.5 Å². The van der Waals surface area contributed by atoms with Gasteiger partial charge in [0.05, 0.1) is 0 Å². The maximum absolute atomic E-state index is 5.87. The smallest absolute Gasteiger partial charge is 0.276 e. The van der Waals surface area contributed by atoms with Crippen molar-refractivity contribution in [3.8, 4) is 11.5 Å². The van der Waals surface area contributed by atoms with Crippen LogP contribution in [0.1, 0.15) is 6.92 Å². The van der Waals surface area contributed by atoms with Crippen LogP contribution in [0.2, 0.25) is 5.02 Å². The minimum absolute atomic E-state index is 0.508. The second kappa shape index (κ2) is 4.68. The van der Waals surface area contributed by atoms with Crippen LogP contribution in [0, 0.1) is 0 Å². The number of benzene rings is 1. The molecule has 0 saturated heterocycles. The summed E-state index contributed by atoms with van der Waals surface area (Å²) in [7, 11) is 0. The molecule has 0 fully saturated rings. The molecular weight excluding hydrogens is 232 g/mol. The van der Waals surface area contributed by atoms with Crippen LogP contribution in [0.15, 0.2) is 33.9 Å². The Morgan fingerprint density at radius 3 is 3.00 bits per heavy atom. The van der Waals surface area contributed by atoms with Crippen molar-refractivity contribution >= 4 is 23.4 Å². The molecule has 1 aromatic carbocycles. The van der Waals surface area contributed by atoms with Crippen LogP contribution in [0.4, 0.5) is 0 Å². The van der Waals surface area contributed by atoms with Crippen molar-refractivity contribution in [2.75, 3.05) is 5.75 Å². The van der Waals surface area contributed by atoms with Crippen molar-refractivity contribution in [1.29, 1.82) is 0 Å². The van der Waals surface area contributed by atoms with Crippen LogP contribution in [-0.2, 0) is 0 Å². The summed E-state index contributed by atoms with van der Waals surface area (Å²) in [4.78, 5) is 0. The molecule has 1 aromatic heterocycles. The Morgan fingerprint density at radius 2 is 2.27 bits per heavy atom. The van der Waals surface area contributed by atoms with Gasteiger partial charge in [-0.05, 0) is 24.0 Å². The molecule has 2 rings (SSSR count). The highest BCUT2D eigenvalue weighted by Crippen LogP contribution is 2.24. The Kier molecular flexibility index (Phi) is 3.28. The van der Waals surface area contributed by atoms with E-state index in [1.807, 2.05) is 25.1 Å². The van der Waals surface area contributed by atoms with Gasteiger partial charge >= 0.3 is 0 Å². The standard InChI is InChI=1S/C10H9ClN2OS/c1-2-15-10-13-12-9(14-10)7-4-3-5-8(11)6-7/h3-6H,2H2,1H3. The lowest BCUT2D eigenvalue weighted by atomic mass is 10.2. The summed E-state index contributed by atoms with van der Waals surface area (Å²) >= 11 is 7.39. The van der Waals surface area contributed by atoms with E-state index in [1.165, 1.54) is 11.8 Å². The number of halogens is 1. The number of hydrogen-bond acceptors (Lipinski definition) is 4. The van der Waals surface area contributed by atoms with E-state index in [1.54, 1.807) is 6.07 Å². The predicted molar refractivity (Wildman–Crippen MR) is 61.1 cm³/mol. The van der Waals surface area contributed by atoms with Gasteiger partial charge in [0.15, 0.2) is 0 Å². The zero-order chi connectivity index (χ0) is 10.7. The molecule has 0 radical (unpaired) electrons. The Hall–Kier alpha value is -1.00. The molecule has 0 N–H and O–H groups in total. The molecule has 0 amide bonds. The number of thioether (sulfide) groups is 1. The fourth-order valence-corrected chi connectivity index (χ4v) is 1.80. The van der Waals surface area contributed by atoms with Crippen molar-refractivity contribution in [2.45, 2.75) is 12.1 Å². The molecule has 78 valence electrons. The van der Waals surface area contributed by atoms with Crippen molar-refractivity contribution in [2.24, 2.45) is 0 Å². The van der Waals surface area contributed by atoms with Gasteiger partial charge in [0.1, 0.15) is 0 Å². The Morgan fingerprint density at radius 1 is 1.40 bits per heavy atom. The summed E-state index contributed by atoms with van der Waals surface area (Å²) in [5.74, 6) is 1.42. The van der Waals surface area contributed by atoms with Gasteiger partial charge in [0.2, 0.25) is 5.89 Å². The molecule has 0 aliphatic carbocycles. The van der Waals surface area contributed by atoms with Crippen LogP contribution >= 0.6 is 23.4 Å². The predicted octanol–water partition coefficient (Wildman–Crippen LogP) is 3.50. The summed E-state index contributed by atoms with van der Waals surface area (Å²) in [6.07, 6.45) is 0. The summed E-state index contributed by atoms with van der Waals surface area (Å²) in [6.45, 7) is 2.04. The van der Waals surface area contributed by atoms with Gasteiger partial charge in [-0.25, -0.2) is 0 Å². The zero-order valence-electron chi connectivity index (χ0n) is 8.11. The van der Waals surface area contributed by atoms with E-state index in [4.69, 9.17) is 16.0 Å². The molecule has 0 atom stereocenters. The Labute approximate surface area is 96.8 Å². The van der Waals surface area contributed by atoms with Crippen LogP contribution in [0.5, 0.6) is 0 Å². The molecule has 0 aliphatic rings. The van der Waals surface area contributed by atoms with Gasteiger partial charge in [-0.15, -0.1) is 10.2 Å². The van der Waals surface area contributed by atoms with Gasteiger partial charge in [-0.2, -0.15) is 0 Å². The number of aromatic nitrogens is 2. The molecule has 3 nitrogen and oxygen atoms in total. The van der Waals surface area contributed by atoms with Crippen LogP contribution < -0.4 is 0 Å². The Balaban J connectivity index is 2.29. The lowest BCUT2D eigenvalue weighted by molar-refractivity contribution is 0.466. The number of hydrogen-bond donors (Lipinski definition) is 0. The molecule has 1 heterocycles. The quantitative estimate of drug-likeness (QED) is 0.770. The fourth-order valence-electron chi connectivity index (χ4n) is 1.13. The van der Waals surface area contributed by atoms with E-state index in [-0.39, 0.29) is 0 Å². The third kappa shape index (κ3) is 2.52. The van der Waals surface area contributed by atoms with E-state index >= 15 is 0 Å². The Bertz CT molecular complexity index is 458. The average molecular weight is 241 g/mol. The first-order chi connectivity index (χ1) is 7.29.